The van der Waals surface area contributed by atoms with E-state index in [4.69, 9.17) is 0 Å². The van der Waals surface area contributed by atoms with E-state index in [1.807, 2.05) is 24.3 Å². The maximum atomic E-state index is 13.0. The molecular formula is C22H23N3O2. The Kier molecular flexibility index (Phi) is 4.52. The van der Waals surface area contributed by atoms with Gasteiger partial charge in [-0.15, -0.1) is 0 Å². The van der Waals surface area contributed by atoms with Crippen molar-refractivity contribution in [2.24, 2.45) is 0 Å². The third kappa shape index (κ3) is 3.25. The second kappa shape index (κ2) is 6.99. The smallest absolute Gasteiger partial charge is 0.275 e. The maximum Gasteiger partial charge on any atom is 0.275 e. The molecule has 0 N–H and O–H groups in total. The van der Waals surface area contributed by atoms with Gasteiger partial charge in [-0.3, -0.25) is 9.59 Å². The lowest BCUT2D eigenvalue weighted by molar-refractivity contribution is -0.119. The Bertz CT molecular complexity index is 1070. The highest BCUT2D eigenvalue weighted by atomic mass is 16.2. The third-order valence-corrected chi connectivity index (χ3v) is 5.24. The number of rotatable bonds is 3. The molecule has 3 aromatic rings. The third-order valence-electron chi connectivity index (χ3n) is 5.24. The molecule has 0 spiro atoms. The summed E-state index contributed by atoms with van der Waals surface area (Å²) in [5.41, 5.74) is 3.23. The highest BCUT2D eigenvalue weighted by Crippen LogP contribution is 2.30. The quantitative estimate of drug-likeness (QED) is 0.717. The van der Waals surface area contributed by atoms with Crippen molar-refractivity contribution >= 4 is 22.4 Å². The van der Waals surface area contributed by atoms with Crippen molar-refractivity contribution in [3.05, 3.63) is 70.1 Å². The summed E-state index contributed by atoms with van der Waals surface area (Å²) in [7, 11) is 0. The van der Waals surface area contributed by atoms with Crippen LogP contribution in [0, 0.1) is 0 Å². The summed E-state index contributed by atoms with van der Waals surface area (Å²) >= 11 is 0. The normalized spacial score (nSPS) is 13.8. The molecule has 5 heteroatoms. The first-order valence-corrected chi connectivity index (χ1v) is 9.42. The molecule has 1 amide bonds. The lowest BCUT2D eigenvalue weighted by Crippen LogP contribution is -2.40. The number of hydrogen-bond acceptors (Lipinski definition) is 3. The van der Waals surface area contributed by atoms with E-state index in [1.165, 1.54) is 15.8 Å². The molecule has 0 saturated carbocycles. The summed E-state index contributed by atoms with van der Waals surface area (Å²) in [5, 5.41) is 5.56. The van der Waals surface area contributed by atoms with E-state index in [0.29, 0.717) is 17.8 Å². The molecule has 0 aliphatic carbocycles. The van der Waals surface area contributed by atoms with Gasteiger partial charge in [-0.1, -0.05) is 44.2 Å². The van der Waals surface area contributed by atoms with Gasteiger partial charge >= 0.3 is 0 Å². The zero-order valence-electron chi connectivity index (χ0n) is 15.7. The van der Waals surface area contributed by atoms with Crippen LogP contribution in [0.4, 0.5) is 5.69 Å². The van der Waals surface area contributed by atoms with Crippen LogP contribution in [0.5, 0.6) is 0 Å². The molecule has 0 saturated heterocycles. The topological polar surface area (TPSA) is 55.2 Å². The molecule has 5 nitrogen and oxygen atoms in total. The summed E-state index contributed by atoms with van der Waals surface area (Å²) in [6.45, 7) is 4.97. The minimum absolute atomic E-state index is 0.0466. The minimum Gasteiger partial charge on any atom is -0.311 e. The Hall–Kier alpha value is -2.95. The van der Waals surface area contributed by atoms with Crippen LogP contribution in [0.15, 0.2) is 53.5 Å². The molecular weight excluding hydrogens is 338 g/mol. The van der Waals surface area contributed by atoms with Gasteiger partial charge in [0.1, 0.15) is 6.54 Å². The number of nitrogens with zero attached hydrogens (tertiary/aromatic N) is 3. The van der Waals surface area contributed by atoms with Crippen LogP contribution in [-0.4, -0.2) is 22.2 Å². The molecule has 0 unspecified atom stereocenters. The lowest BCUT2D eigenvalue weighted by atomic mass is 9.95. The first kappa shape index (κ1) is 17.5. The second-order valence-corrected chi connectivity index (χ2v) is 7.39. The van der Waals surface area contributed by atoms with Crippen LogP contribution in [-0.2, 0) is 17.8 Å². The molecule has 1 aromatic heterocycles. The van der Waals surface area contributed by atoms with Crippen molar-refractivity contribution in [3.8, 4) is 0 Å². The van der Waals surface area contributed by atoms with Gasteiger partial charge in [-0.25, -0.2) is 4.68 Å². The van der Waals surface area contributed by atoms with Crippen molar-refractivity contribution in [2.45, 2.75) is 39.2 Å². The number of anilines is 1. The van der Waals surface area contributed by atoms with E-state index >= 15 is 0 Å². The Labute approximate surface area is 158 Å². The molecule has 27 heavy (non-hydrogen) atoms. The predicted octanol–water partition coefficient (Wildman–Crippen LogP) is 3.50. The molecule has 4 rings (SSSR count). The van der Waals surface area contributed by atoms with E-state index in [-0.39, 0.29) is 18.0 Å². The molecule has 0 atom stereocenters. The Balaban J connectivity index is 1.63. The van der Waals surface area contributed by atoms with Crippen LogP contribution in [0.1, 0.15) is 37.3 Å². The zero-order chi connectivity index (χ0) is 19.0. The van der Waals surface area contributed by atoms with Crippen LogP contribution in [0.3, 0.4) is 0 Å². The standard InChI is InChI=1S/C22H23N3O2/c1-15(2)16-9-10-20-17(12-16)7-5-11-24(20)21(26)14-25-22(27)19-8-4-3-6-18(19)13-23-25/h3-4,6,8-10,12-13,15H,5,7,11,14H2,1-2H3. The SMILES string of the molecule is CC(C)c1ccc2c(c1)CCCN2C(=O)Cn1ncc2ccccc2c1=O. The van der Waals surface area contributed by atoms with Crippen LogP contribution in [0.25, 0.3) is 10.8 Å². The summed E-state index contributed by atoms with van der Waals surface area (Å²) in [5.74, 6) is 0.361. The van der Waals surface area contributed by atoms with Crippen LogP contribution in [0.2, 0.25) is 0 Å². The number of carbonyl (C=O) groups excluding carboxylic acids is 1. The maximum absolute atomic E-state index is 13.0. The van der Waals surface area contributed by atoms with Gasteiger partial charge in [0.05, 0.1) is 11.6 Å². The first-order chi connectivity index (χ1) is 13.0. The summed E-state index contributed by atoms with van der Waals surface area (Å²) in [6, 6.07) is 13.7. The van der Waals surface area contributed by atoms with E-state index in [0.717, 1.165) is 23.9 Å². The average molecular weight is 361 g/mol. The van der Waals surface area contributed by atoms with Crippen molar-refractivity contribution in [1.29, 1.82) is 0 Å². The Morgan fingerprint density at radius 2 is 2.00 bits per heavy atom. The van der Waals surface area contributed by atoms with Gasteiger partial charge < -0.3 is 4.90 Å². The molecule has 138 valence electrons. The highest BCUT2D eigenvalue weighted by molar-refractivity contribution is 5.94. The first-order valence-electron chi connectivity index (χ1n) is 9.42. The fourth-order valence-corrected chi connectivity index (χ4v) is 3.69. The summed E-state index contributed by atoms with van der Waals surface area (Å²) in [4.78, 5) is 27.4. The number of hydrogen-bond donors (Lipinski definition) is 0. The molecule has 0 fully saturated rings. The van der Waals surface area contributed by atoms with Crippen molar-refractivity contribution in [3.63, 3.8) is 0 Å². The summed E-state index contributed by atoms with van der Waals surface area (Å²) in [6.07, 6.45) is 3.55. The highest BCUT2D eigenvalue weighted by Gasteiger charge is 2.24. The van der Waals surface area contributed by atoms with Crippen LogP contribution < -0.4 is 10.5 Å². The van der Waals surface area contributed by atoms with Gasteiger partial charge in [0, 0.05) is 17.6 Å². The number of fused-ring (bicyclic) bond motifs is 2. The van der Waals surface area contributed by atoms with Gasteiger partial charge in [-0.05, 0) is 42.0 Å². The fourth-order valence-electron chi connectivity index (χ4n) is 3.69. The summed E-state index contributed by atoms with van der Waals surface area (Å²) < 4.78 is 1.27. The zero-order valence-corrected chi connectivity index (χ0v) is 15.7. The molecule has 2 heterocycles. The molecule has 1 aliphatic rings. The second-order valence-electron chi connectivity index (χ2n) is 7.39. The largest absolute Gasteiger partial charge is 0.311 e. The van der Waals surface area contributed by atoms with Crippen molar-refractivity contribution < 1.29 is 4.79 Å². The van der Waals surface area contributed by atoms with E-state index in [9.17, 15) is 9.59 Å². The lowest BCUT2D eigenvalue weighted by Gasteiger charge is -2.30. The number of aromatic nitrogens is 2. The monoisotopic (exact) mass is 361 g/mol. The molecule has 0 bridgehead atoms. The molecule has 1 aliphatic heterocycles. The van der Waals surface area contributed by atoms with E-state index < -0.39 is 0 Å². The fraction of sp³-hybridized carbons (Fsp3) is 0.318. The average Bonchev–Trinajstić information content (AvgIpc) is 2.69. The number of aryl methyl sites for hydroxylation is 1. The predicted molar refractivity (Wildman–Crippen MR) is 107 cm³/mol. The Morgan fingerprint density at radius 1 is 1.19 bits per heavy atom. The minimum atomic E-state index is -0.228. The number of amides is 1. The Morgan fingerprint density at radius 3 is 2.81 bits per heavy atom. The van der Waals surface area contributed by atoms with Crippen molar-refractivity contribution in [2.75, 3.05) is 11.4 Å². The van der Waals surface area contributed by atoms with Gasteiger partial charge in [-0.2, -0.15) is 5.10 Å². The molecule has 2 aromatic carbocycles. The molecule has 0 radical (unpaired) electrons. The van der Waals surface area contributed by atoms with E-state index in [2.05, 4.69) is 31.1 Å². The van der Waals surface area contributed by atoms with Gasteiger partial charge in [0.25, 0.3) is 5.56 Å². The number of benzene rings is 2. The van der Waals surface area contributed by atoms with Crippen molar-refractivity contribution in [1.82, 2.24) is 9.78 Å². The van der Waals surface area contributed by atoms with E-state index in [1.54, 1.807) is 17.2 Å². The van der Waals surface area contributed by atoms with Gasteiger partial charge in [0.15, 0.2) is 0 Å². The van der Waals surface area contributed by atoms with Gasteiger partial charge in [0.2, 0.25) is 5.91 Å². The van der Waals surface area contributed by atoms with Crippen LogP contribution >= 0.6 is 0 Å². The number of carbonyl (C=O) groups is 1.